The fraction of sp³-hybridized carbons (Fsp3) is 0.318. The molecule has 0 spiro atoms. The normalized spacial score (nSPS) is 16.4. The largest absolute Gasteiger partial charge is 0.356 e. The number of sulfonamides is 1. The zero-order chi connectivity index (χ0) is 23.6. The second kappa shape index (κ2) is 8.99. The molecule has 0 saturated carbocycles. The fourth-order valence-corrected chi connectivity index (χ4v) is 4.42. The van der Waals surface area contributed by atoms with Gasteiger partial charge in [-0.1, -0.05) is 18.2 Å². The topological polar surface area (TPSA) is 104 Å². The van der Waals surface area contributed by atoms with E-state index in [1.165, 1.54) is 25.4 Å². The van der Waals surface area contributed by atoms with Crippen molar-refractivity contribution in [2.24, 2.45) is 0 Å². The van der Waals surface area contributed by atoms with Crippen LogP contribution in [0.2, 0.25) is 0 Å². The summed E-state index contributed by atoms with van der Waals surface area (Å²) in [7, 11) is -2.53. The Morgan fingerprint density at radius 3 is 2.70 bits per heavy atom. The second-order valence-electron chi connectivity index (χ2n) is 7.79. The molecule has 1 fully saturated rings. The number of nitrogens with zero attached hydrogens (tertiary/aromatic N) is 3. The maximum atomic E-state index is 13.9. The first-order chi connectivity index (χ1) is 15.7. The molecule has 3 aromatic rings. The smallest absolute Gasteiger partial charge is 0.259 e. The standard InChI is InChI=1S/C22H23F2N5O3S/c1-25-33(31,32)19-14-16(7-10-26-19)27-21(30)17-13-15-5-2-3-6-18(15)28-20(17)29-11-4-8-22(23,24)9-12-29/h2-3,5-7,10,13-14,25H,4,8-9,11-12H2,1H3,(H,26,27,30). The highest BCUT2D eigenvalue weighted by molar-refractivity contribution is 7.89. The van der Waals surface area contributed by atoms with Crippen molar-refractivity contribution in [1.82, 2.24) is 14.7 Å². The van der Waals surface area contributed by atoms with Gasteiger partial charge in [-0.05, 0) is 31.7 Å². The van der Waals surface area contributed by atoms with Crippen molar-refractivity contribution in [3.63, 3.8) is 0 Å². The SMILES string of the molecule is CNS(=O)(=O)c1cc(NC(=O)c2cc3ccccc3nc2N2CCCC(F)(F)CC2)ccn1. The van der Waals surface area contributed by atoms with Gasteiger partial charge in [0, 0.05) is 49.3 Å². The van der Waals surface area contributed by atoms with E-state index in [1.807, 2.05) is 18.2 Å². The Morgan fingerprint density at radius 2 is 1.91 bits per heavy atom. The van der Waals surface area contributed by atoms with Gasteiger partial charge in [0.05, 0.1) is 11.1 Å². The molecule has 33 heavy (non-hydrogen) atoms. The molecular formula is C22H23F2N5O3S. The summed E-state index contributed by atoms with van der Waals surface area (Å²) >= 11 is 0. The van der Waals surface area contributed by atoms with Gasteiger partial charge in [0.25, 0.3) is 15.9 Å². The highest BCUT2D eigenvalue weighted by Gasteiger charge is 2.33. The van der Waals surface area contributed by atoms with Crippen molar-refractivity contribution < 1.29 is 22.0 Å². The number of para-hydroxylation sites is 1. The maximum Gasteiger partial charge on any atom is 0.259 e. The Morgan fingerprint density at radius 1 is 1.12 bits per heavy atom. The van der Waals surface area contributed by atoms with Crippen LogP contribution < -0.4 is 14.9 Å². The molecule has 8 nitrogen and oxygen atoms in total. The molecule has 11 heteroatoms. The van der Waals surface area contributed by atoms with E-state index in [0.29, 0.717) is 17.9 Å². The molecule has 1 aromatic carbocycles. The monoisotopic (exact) mass is 475 g/mol. The predicted molar refractivity (Wildman–Crippen MR) is 121 cm³/mol. The minimum absolute atomic E-state index is 0.0679. The van der Waals surface area contributed by atoms with E-state index < -0.39 is 21.9 Å². The average molecular weight is 476 g/mol. The van der Waals surface area contributed by atoms with Gasteiger partial charge < -0.3 is 10.2 Å². The first kappa shape index (κ1) is 23.0. The van der Waals surface area contributed by atoms with Crippen LogP contribution in [0.1, 0.15) is 29.6 Å². The van der Waals surface area contributed by atoms with E-state index in [4.69, 9.17) is 0 Å². The predicted octanol–water partition coefficient (Wildman–Crippen LogP) is 3.42. The summed E-state index contributed by atoms with van der Waals surface area (Å²) < 4.78 is 54.1. The quantitative estimate of drug-likeness (QED) is 0.586. The number of rotatable bonds is 5. The molecule has 4 rings (SSSR count). The molecule has 2 N–H and O–H groups in total. The minimum atomic E-state index is -3.79. The molecule has 174 valence electrons. The van der Waals surface area contributed by atoms with E-state index in [0.717, 1.165) is 5.39 Å². The van der Waals surface area contributed by atoms with Crippen molar-refractivity contribution in [3.05, 3.63) is 54.2 Å². The molecule has 0 radical (unpaired) electrons. The Labute approximate surface area is 190 Å². The van der Waals surface area contributed by atoms with Crippen LogP contribution in [0, 0.1) is 0 Å². The summed E-state index contributed by atoms with van der Waals surface area (Å²) in [5.74, 6) is -2.96. The van der Waals surface area contributed by atoms with Gasteiger partial charge in [0.2, 0.25) is 5.92 Å². The van der Waals surface area contributed by atoms with Gasteiger partial charge in [-0.2, -0.15) is 0 Å². The summed E-state index contributed by atoms with van der Waals surface area (Å²) in [5.41, 5.74) is 1.09. The third-order valence-electron chi connectivity index (χ3n) is 5.50. The summed E-state index contributed by atoms with van der Waals surface area (Å²) in [5, 5.41) is 3.17. The third-order valence-corrected chi connectivity index (χ3v) is 6.81. The summed E-state index contributed by atoms with van der Waals surface area (Å²) in [4.78, 5) is 23.4. The highest BCUT2D eigenvalue weighted by atomic mass is 32.2. The van der Waals surface area contributed by atoms with E-state index in [1.54, 1.807) is 17.0 Å². The number of alkyl halides is 2. The van der Waals surface area contributed by atoms with Crippen LogP contribution in [0.3, 0.4) is 0 Å². The van der Waals surface area contributed by atoms with Crippen molar-refractivity contribution >= 4 is 38.3 Å². The summed E-state index contributed by atoms with van der Waals surface area (Å²) in [6.07, 6.45) is 1.02. The number of halogens is 2. The Balaban J connectivity index is 1.71. The lowest BCUT2D eigenvalue weighted by Crippen LogP contribution is -2.29. The maximum absolute atomic E-state index is 13.9. The number of carbonyl (C=O) groups is 1. The number of aromatic nitrogens is 2. The number of carbonyl (C=O) groups excluding carboxylic acids is 1. The first-order valence-corrected chi connectivity index (χ1v) is 11.9. The van der Waals surface area contributed by atoms with Gasteiger partial charge in [-0.25, -0.2) is 31.9 Å². The highest BCUT2D eigenvalue weighted by Crippen LogP contribution is 2.32. The van der Waals surface area contributed by atoms with Crippen molar-refractivity contribution in [1.29, 1.82) is 0 Å². The zero-order valence-electron chi connectivity index (χ0n) is 17.9. The number of benzene rings is 1. The molecule has 1 amide bonds. The molecule has 0 aliphatic carbocycles. The van der Waals surface area contributed by atoms with Gasteiger partial charge in [-0.3, -0.25) is 4.79 Å². The first-order valence-electron chi connectivity index (χ1n) is 10.4. The number of anilines is 2. The van der Waals surface area contributed by atoms with E-state index >= 15 is 0 Å². The number of fused-ring (bicyclic) bond motifs is 1. The van der Waals surface area contributed by atoms with Crippen LogP contribution >= 0.6 is 0 Å². The van der Waals surface area contributed by atoms with Crippen molar-refractivity contribution in [2.75, 3.05) is 30.4 Å². The van der Waals surface area contributed by atoms with Crippen LogP contribution in [-0.2, 0) is 10.0 Å². The van der Waals surface area contributed by atoms with Crippen LogP contribution in [0.5, 0.6) is 0 Å². The number of hydrogen-bond acceptors (Lipinski definition) is 6. The van der Waals surface area contributed by atoms with Crippen LogP contribution in [-0.4, -0.2) is 50.4 Å². The number of hydrogen-bond donors (Lipinski definition) is 2. The van der Waals surface area contributed by atoms with Gasteiger partial charge in [0.15, 0.2) is 5.03 Å². The van der Waals surface area contributed by atoms with Gasteiger partial charge in [-0.15, -0.1) is 0 Å². The molecule has 0 atom stereocenters. The molecule has 0 bridgehead atoms. The fourth-order valence-electron chi connectivity index (χ4n) is 3.73. The summed E-state index contributed by atoms with van der Waals surface area (Å²) in [6.45, 7) is 0.416. The zero-order valence-corrected chi connectivity index (χ0v) is 18.7. The second-order valence-corrected chi connectivity index (χ2v) is 9.63. The minimum Gasteiger partial charge on any atom is -0.356 e. The molecule has 3 heterocycles. The van der Waals surface area contributed by atoms with Crippen LogP contribution in [0.4, 0.5) is 20.3 Å². The van der Waals surface area contributed by atoms with E-state index in [2.05, 4.69) is 20.0 Å². The van der Waals surface area contributed by atoms with E-state index in [9.17, 15) is 22.0 Å². The molecule has 0 unspecified atom stereocenters. The number of amides is 1. The van der Waals surface area contributed by atoms with Gasteiger partial charge in [0.1, 0.15) is 5.82 Å². The average Bonchev–Trinajstić information content (AvgIpc) is 2.98. The molecule has 1 aliphatic heterocycles. The Kier molecular flexibility index (Phi) is 6.26. The van der Waals surface area contributed by atoms with E-state index in [-0.39, 0.29) is 42.1 Å². The Hall–Kier alpha value is -3.18. The lowest BCUT2D eigenvalue weighted by atomic mass is 10.1. The number of nitrogens with one attached hydrogen (secondary N) is 2. The van der Waals surface area contributed by atoms with Crippen LogP contribution in [0.15, 0.2) is 53.7 Å². The Bertz CT molecular complexity index is 1300. The molecule has 1 saturated heterocycles. The van der Waals surface area contributed by atoms with Gasteiger partial charge >= 0.3 is 0 Å². The van der Waals surface area contributed by atoms with Crippen molar-refractivity contribution in [2.45, 2.75) is 30.2 Å². The third kappa shape index (κ3) is 5.09. The van der Waals surface area contributed by atoms with Crippen molar-refractivity contribution in [3.8, 4) is 0 Å². The lowest BCUT2D eigenvalue weighted by Gasteiger charge is -2.24. The molecular weight excluding hydrogens is 452 g/mol. The molecule has 2 aromatic heterocycles. The summed E-state index contributed by atoms with van der Waals surface area (Å²) in [6, 6.07) is 11.6. The van der Waals surface area contributed by atoms with Crippen LogP contribution in [0.25, 0.3) is 10.9 Å². The molecule has 1 aliphatic rings. The lowest BCUT2D eigenvalue weighted by molar-refractivity contribution is -0.0102. The number of pyridine rings is 2.